The molecule has 2 aromatic carbocycles. The Morgan fingerprint density at radius 1 is 1.06 bits per heavy atom. The van der Waals surface area contributed by atoms with Gasteiger partial charge in [-0.3, -0.25) is 0 Å². The van der Waals surface area contributed by atoms with Crippen LogP contribution >= 0.6 is 15.9 Å². The molecule has 0 amide bonds. The minimum Gasteiger partial charge on any atom is -0.206 e. The van der Waals surface area contributed by atoms with E-state index >= 15 is 0 Å². The summed E-state index contributed by atoms with van der Waals surface area (Å²) in [6.07, 6.45) is 1.05. The third-order valence-electron chi connectivity index (χ3n) is 2.92. The molecule has 2 heteroatoms. The smallest absolute Gasteiger partial charge is 0.131 e. The van der Waals surface area contributed by atoms with Crippen LogP contribution in [0, 0.1) is 11.7 Å². The summed E-state index contributed by atoms with van der Waals surface area (Å²) >= 11 is 3.71. The van der Waals surface area contributed by atoms with E-state index in [1.807, 2.05) is 30.3 Å². The van der Waals surface area contributed by atoms with Crippen molar-refractivity contribution in [1.29, 1.82) is 0 Å². The molecule has 0 spiro atoms. The van der Waals surface area contributed by atoms with E-state index in [9.17, 15) is 4.39 Å². The van der Waals surface area contributed by atoms with E-state index in [0.717, 1.165) is 11.8 Å². The molecule has 0 aliphatic heterocycles. The van der Waals surface area contributed by atoms with Gasteiger partial charge in [-0.15, -0.1) is 0 Å². The maximum absolute atomic E-state index is 13.7. The highest BCUT2D eigenvalue weighted by molar-refractivity contribution is 9.09. The van der Waals surface area contributed by atoms with Gasteiger partial charge in [-0.25, -0.2) is 4.39 Å². The molecule has 0 fully saturated rings. The van der Waals surface area contributed by atoms with E-state index in [1.165, 1.54) is 5.56 Å². The molecule has 0 aromatic heterocycles. The van der Waals surface area contributed by atoms with Gasteiger partial charge < -0.3 is 0 Å². The van der Waals surface area contributed by atoms with Gasteiger partial charge in [0.15, 0.2) is 0 Å². The van der Waals surface area contributed by atoms with Crippen molar-refractivity contribution in [1.82, 2.24) is 0 Å². The number of fused-ring (bicyclic) bond motifs is 1. The Morgan fingerprint density at radius 3 is 2.35 bits per heavy atom. The zero-order chi connectivity index (χ0) is 12.4. The van der Waals surface area contributed by atoms with Gasteiger partial charge in [-0.2, -0.15) is 0 Å². The average molecular weight is 295 g/mol. The van der Waals surface area contributed by atoms with E-state index in [2.05, 4.69) is 29.8 Å². The van der Waals surface area contributed by atoms with Crippen molar-refractivity contribution in [2.45, 2.75) is 25.1 Å². The molecule has 1 atom stereocenters. The molecule has 0 radical (unpaired) electrons. The van der Waals surface area contributed by atoms with Crippen LogP contribution in [-0.4, -0.2) is 0 Å². The summed E-state index contributed by atoms with van der Waals surface area (Å²) in [7, 11) is 0. The normalized spacial score (nSPS) is 13.2. The maximum atomic E-state index is 13.7. The summed E-state index contributed by atoms with van der Waals surface area (Å²) in [5.74, 6) is 0.469. The Bertz CT molecular complexity index is 519. The number of alkyl halides is 1. The lowest BCUT2D eigenvalue weighted by Crippen LogP contribution is -1.97. The van der Waals surface area contributed by atoms with Gasteiger partial charge in [-0.1, -0.05) is 60.1 Å². The Kier molecular flexibility index (Phi) is 3.82. The van der Waals surface area contributed by atoms with Crippen LogP contribution in [-0.2, 0) is 0 Å². The van der Waals surface area contributed by atoms with Crippen LogP contribution in [0.4, 0.5) is 4.39 Å². The van der Waals surface area contributed by atoms with Gasteiger partial charge in [0.25, 0.3) is 0 Å². The number of hydrogen-bond donors (Lipinski definition) is 0. The van der Waals surface area contributed by atoms with Gasteiger partial charge in [-0.05, 0) is 29.4 Å². The molecule has 2 rings (SSSR count). The lowest BCUT2D eigenvalue weighted by Gasteiger charge is -2.15. The third-order valence-corrected chi connectivity index (χ3v) is 3.79. The van der Waals surface area contributed by atoms with E-state index in [1.54, 1.807) is 6.07 Å². The average Bonchev–Trinajstić information content (AvgIpc) is 2.29. The second kappa shape index (κ2) is 5.18. The monoisotopic (exact) mass is 294 g/mol. The number of rotatable bonds is 3. The molecule has 0 aliphatic rings. The summed E-state index contributed by atoms with van der Waals surface area (Å²) in [5.41, 5.74) is 1.18. The first kappa shape index (κ1) is 12.6. The molecule has 0 nitrogen and oxygen atoms in total. The van der Waals surface area contributed by atoms with Gasteiger partial charge in [0, 0.05) is 10.2 Å². The Balaban J connectivity index is 2.51. The van der Waals surface area contributed by atoms with Crippen LogP contribution in [0.5, 0.6) is 0 Å². The van der Waals surface area contributed by atoms with E-state index in [-0.39, 0.29) is 10.6 Å². The Labute approximate surface area is 110 Å². The van der Waals surface area contributed by atoms with Crippen LogP contribution in [0.2, 0.25) is 0 Å². The van der Waals surface area contributed by atoms with E-state index < -0.39 is 0 Å². The van der Waals surface area contributed by atoms with Gasteiger partial charge in [0.2, 0.25) is 0 Å². The molecule has 0 saturated heterocycles. The molecular weight excluding hydrogens is 279 g/mol. The largest absolute Gasteiger partial charge is 0.206 e. The standard InChI is InChI=1S/C15H16BrF/c1-10(2)9-14(16)12-7-8-15(17)13-6-4-3-5-11(12)13/h3-8,10,14H,9H2,1-2H3. The summed E-state index contributed by atoms with van der Waals surface area (Å²) < 4.78 is 13.7. The first-order chi connectivity index (χ1) is 8.09. The minimum atomic E-state index is -0.145. The number of halogens is 2. The molecule has 17 heavy (non-hydrogen) atoms. The Morgan fingerprint density at radius 2 is 1.71 bits per heavy atom. The fourth-order valence-electron chi connectivity index (χ4n) is 2.10. The van der Waals surface area contributed by atoms with Crippen LogP contribution in [0.3, 0.4) is 0 Å². The fraction of sp³-hybridized carbons (Fsp3) is 0.333. The first-order valence-electron chi connectivity index (χ1n) is 5.91. The molecular formula is C15H16BrF. The van der Waals surface area contributed by atoms with Crippen molar-refractivity contribution in [3.8, 4) is 0 Å². The van der Waals surface area contributed by atoms with Crippen molar-refractivity contribution in [2.75, 3.05) is 0 Å². The highest BCUT2D eigenvalue weighted by Gasteiger charge is 2.14. The third kappa shape index (κ3) is 2.68. The van der Waals surface area contributed by atoms with Crippen molar-refractivity contribution < 1.29 is 4.39 Å². The van der Waals surface area contributed by atoms with Crippen molar-refractivity contribution >= 4 is 26.7 Å². The maximum Gasteiger partial charge on any atom is 0.131 e. The van der Waals surface area contributed by atoms with Crippen LogP contribution in [0.25, 0.3) is 10.8 Å². The van der Waals surface area contributed by atoms with Crippen molar-refractivity contribution in [2.24, 2.45) is 5.92 Å². The quantitative estimate of drug-likeness (QED) is 0.659. The highest BCUT2D eigenvalue weighted by atomic mass is 79.9. The second-order valence-corrected chi connectivity index (χ2v) is 5.88. The lowest BCUT2D eigenvalue weighted by molar-refractivity contribution is 0.584. The summed E-state index contributed by atoms with van der Waals surface area (Å²) in [4.78, 5) is 0.285. The molecule has 90 valence electrons. The highest BCUT2D eigenvalue weighted by Crippen LogP contribution is 2.35. The van der Waals surface area contributed by atoms with Gasteiger partial charge in [0.1, 0.15) is 5.82 Å². The topological polar surface area (TPSA) is 0 Å². The minimum absolute atomic E-state index is 0.145. The summed E-state index contributed by atoms with van der Waals surface area (Å²) in [5, 5.41) is 1.72. The molecule has 0 bridgehead atoms. The predicted molar refractivity (Wildman–Crippen MR) is 75.0 cm³/mol. The van der Waals surface area contributed by atoms with Crippen LogP contribution in [0.1, 0.15) is 30.7 Å². The number of hydrogen-bond acceptors (Lipinski definition) is 0. The predicted octanol–water partition coefficient (Wildman–Crippen LogP) is 5.46. The van der Waals surface area contributed by atoms with Crippen LogP contribution in [0.15, 0.2) is 36.4 Å². The zero-order valence-corrected chi connectivity index (χ0v) is 11.7. The lowest BCUT2D eigenvalue weighted by atomic mass is 9.97. The van der Waals surface area contributed by atoms with E-state index in [4.69, 9.17) is 0 Å². The molecule has 0 aliphatic carbocycles. The fourth-order valence-corrected chi connectivity index (χ4v) is 3.25. The molecule has 1 unspecified atom stereocenters. The Hall–Kier alpha value is -0.890. The van der Waals surface area contributed by atoms with Crippen LogP contribution < -0.4 is 0 Å². The molecule has 0 heterocycles. The first-order valence-corrected chi connectivity index (χ1v) is 6.82. The van der Waals surface area contributed by atoms with Crippen molar-refractivity contribution in [3.05, 3.63) is 47.8 Å². The van der Waals surface area contributed by atoms with E-state index in [0.29, 0.717) is 11.3 Å². The van der Waals surface area contributed by atoms with Gasteiger partial charge in [0.05, 0.1) is 0 Å². The van der Waals surface area contributed by atoms with Gasteiger partial charge >= 0.3 is 0 Å². The second-order valence-electron chi connectivity index (χ2n) is 4.78. The SMILES string of the molecule is CC(C)CC(Br)c1ccc(F)c2ccccc12. The molecule has 0 saturated carbocycles. The van der Waals surface area contributed by atoms with Crippen molar-refractivity contribution in [3.63, 3.8) is 0 Å². The molecule has 2 aromatic rings. The zero-order valence-electron chi connectivity index (χ0n) is 10.1. The summed E-state index contributed by atoms with van der Waals surface area (Å²) in [6.45, 7) is 4.39. The molecule has 0 N–H and O–H groups in total. The summed E-state index contributed by atoms with van der Waals surface area (Å²) in [6, 6.07) is 11.1. The number of benzene rings is 2.